The number of hydrogen-bond acceptors (Lipinski definition) is 3. The lowest BCUT2D eigenvalue weighted by Crippen LogP contribution is -2.25. The fourth-order valence-corrected chi connectivity index (χ4v) is 2.06. The molecule has 1 aromatic rings. The maximum atomic E-state index is 11.0. The van der Waals surface area contributed by atoms with E-state index in [1.807, 2.05) is 12.1 Å². The molecule has 84 valence electrons. The van der Waals surface area contributed by atoms with Gasteiger partial charge in [-0.05, 0) is 24.6 Å². The van der Waals surface area contributed by atoms with Gasteiger partial charge >= 0.3 is 0 Å². The summed E-state index contributed by atoms with van der Waals surface area (Å²) in [6, 6.07) is 7.04. The molecule has 0 bridgehead atoms. The van der Waals surface area contributed by atoms with Crippen molar-refractivity contribution in [3.05, 3.63) is 29.8 Å². The minimum Gasteiger partial charge on any atom is -0.497 e. The highest BCUT2D eigenvalue weighted by Crippen LogP contribution is 2.17. The molecule has 4 nitrogen and oxygen atoms in total. The van der Waals surface area contributed by atoms with Gasteiger partial charge in [-0.25, -0.2) is 13.1 Å². The Morgan fingerprint density at radius 2 is 1.80 bits per heavy atom. The molecule has 1 rings (SSSR count). The topological polar surface area (TPSA) is 55.4 Å². The van der Waals surface area contributed by atoms with E-state index < -0.39 is 10.0 Å². The summed E-state index contributed by atoms with van der Waals surface area (Å²) in [6.07, 6.45) is 1.15. The van der Waals surface area contributed by atoms with Crippen LogP contribution in [0, 0.1) is 0 Å². The van der Waals surface area contributed by atoms with Gasteiger partial charge in [0.25, 0.3) is 0 Å². The van der Waals surface area contributed by atoms with Crippen LogP contribution in [0.1, 0.15) is 18.5 Å². The van der Waals surface area contributed by atoms with Crippen molar-refractivity contribution in [3.8, 4) is 5.75 Å². The summed E-state index contributed by atoms with van der Waals surface area (Å²) < 4.78 is 29.5. The zero-order valence-corrected chi connectivity index (χ0v) is 9.84. The summed E-state index contributed by atoms with van der Waals surface area (Å²) in [7, 11) is -1.58. The molecule has 5 heteroatoms. The number of nitrogens with one attached hydrogen (secondary N) is 1. The van der Waals surface area contributed by atoms with Crippen LogP contribution >= 0.6 is 0 Å². The highest BCUT2D eigenvalue weighted by atomic mass is 32.2. The van der Waals surface area contributed by atoms with E-state index in [1.54, 1.807) is 26.2 Å². The molecular weight excluding hydrogens is 214 g/mol. The molecule has 0 unspecified atom stereocenters. The largest absolute Gasteiger partial charge is 0.497 e. The van der Waals surface area contributed by atoms with Crippen LogP contribution in [0.2, 0.25) is 0 Å². The number of sulfonamides is 1. The third-order valence-corrected chi connectivity index (χ3v) is 2.79. The standard InChI is InChI=1S/C10H15NO3S/c1-8(11-15(3,12)13)9-4-6-10(14-2)7-5-9/h4-8,11H,1-3H3/t8-/m1/s1. The second-order valence-electron chi connectivity index (χ2n) is 3.38. The first kappa shape index (κ1) is 12.0. The molecule has 0 fully saturated rings. The minimum atomic E-state index is -3.17. The van der Waals surface area contributed by atoms with Crippen LogP contribution in [0.15, 0.2) is 24.3 Å². The molecule has 0 spiro atoms. The van der Waals surface area contributed by atoms with Crippen molar-refractivity contribution >= 4 is 10.0 Å². The van der Waals surface area contributed by atoms with E-state index in [0.29, 0.717) is 0 Å². The number of methoxy groups -OCH3 is 1. The molecule has 0 saturated carbocycles. The van der Waals surface area contributed by atoms with Crippen LogP contribution in [0.3, 0.4) is 0 Å². The second kappa shape index (κ2) is 4.63. The summed E-state index contributed by atoms with van der Waals surface area (Å²) in [5.74, 6) is 0.755. The Bertz CT molecular complexity index is 411. The Labute approximate surface area is 90.3 Å². The van der Waals surface area contributed by atoms with Crippen LogP contribution in [0.25, 0.3) is 0 Å². The van der Waals surface area contributed by atoms with Gasteiger partial charge in [0.15, 0.2) is 0 Å². The predicted octanol–water partition coefficient (Wildman–Crippen LogP) is 1.31. The van der Waals surface area contributed by atoms with Crippen molar-refractivity contribution < 1.29 is 13.2 Å². The average Bonchev–Trinajstić information content (AvgIpc) is 2.15. The van der Waals surface area contributed by atoms with Gasteiger partial charge in [-0.15, -0.1) is 0 Å². The minimum absolute atomic E-state index is 0.231. The maximum Gasteiger partial charge on any atom is 0.209 e. The maximum absolute atomic E-state index is 11.0. The summed E-state index contributed by atoms with van der Waals surface area (Å²) in [5, 5.41) is 0. The summed E-state index contributed by atoms with van der Waals surface area (Å²) in [6.45, 7) is 1.79. The van der Waals surface area contributed by atoms with E-state index in [9.17, 15) is 8.42 Å². The lowest BCUT2D eigenvalue weighted by molar-refractivity contribution is 0.414. The van der Waals surface area contributed by atoms with Crippen molar-refractivity contribution in [1.82, 2.24) is 4.72 Å². The number of benzene rings is 1. The third-order valence-electron chi connectivity index (χ3n) is 2.01. The van der Waals surface area contributed by atoms with E-state index in [2.05, 4.69) is 4.72 Å². The zero-order valence-electron chi connectivity index (χ0n) is 9.02. The lowest BCUT2D eigenvalue weighted by Gasteiger charge is -2.12. The number of rotatable bonds is 4. The van der Waals surface area contributed by atoms with Gasteiger partial charge in [0.05, 0.1) is 13.4 Å². The van der Waals surface area contributed by atoms with E-state index in [0.717, 1.165) is 17.6 Å². The summed E-state index contributed by atoms with van der Waals surface area (Å²) in [4.78, 5) is 0. The van der Waals surface area contributed by atoms with Gasteiger partial charge in [0.1, 0.15) is 5.75 Å². The van der Waals surface area contributed by atoms with Gasteiger partial charge in [-0.2, -0.15) is 0 Å². The van der Waals surface area contributed by atoms with Gasteiger partial charge in [0, 0.05) is 6.04 Å². The Morgan fingerprint density at radius 1 is 1.27 bits per heavy atom. The van der Waals surface area contributed by atoms with Gasteiger partial charge in [-0.3, -0.25) is 0 Å². The molecule has 1 aromatic carbocycles. The monoisotopic (exact) mass is 229 g/mol. The van der Waals surface area contributed by atoms with Crippen LogP contribution < -0.4 is 9.46 Å². The molecule has 1 N–H and O–H groups in total. The van der Waals surface area contributed by atoms with Crippen molar-refractivity contribution in [2.24, 2.45) is 0 Å². The number of ether oxygens (including phenoxy) is 1. The Balaban J connectivity index is 2.78. The average molecular weight is 229 g/mol. The third kappa shape index (κ3) is 3.89. The van der Waals surface area contributed by atoms with Crippen molar-refractivity contribution in [3.63, 3.8) is 0 Å². The second-order valence-corrected chi connectivity index (χ2v) is 5.16. The molecule has 0 aliphatic rings. The Kier molecular flexibility index (Phi) is 3.71. The molecule has 0 aliphatic heterocycles. The van der Waals surface area contributed by atoms with Crippen LogP contribution in [-0.2, 0) is 10.0 Å². The SMILES string of the molecule is COc1ccc([C@@H](C)NS(C)(=O)=O)cc1. The quantitative estimate of drug-likeness (QED) is 0.846. The molecular formula is C10H15NO3S. The van der Waals surface area contributed by atoms with Crippen molar-refractivity contribution in [2.75, 3.05) is 13.4 Å². The predicted molar refractivity (Wildman–Crippen MR) is 59.4 cm³/mol. The smallest absolute Gasteiger partial charge is 0.209 e. The van der Waals surface area contributed by atoms with Crippen LogP contribution in [0.5, 0.6) is 5.75 Å². The lowest BCUT2D eigenvalue weighted by atomic mass is 10.1. The molecule has 1 atom stereocenters. The fourth-order valence-electron chi connectivity index (χ4n) is 1.28. The molecule has 0 aromatic heterocycles. The molecule has 15 heavy (non-hydrogen) atoms. The molecule has 0 amide bonds. The Hall–Kier alpha value is -1.07. The molecule has 0 radical (unpaired) electrons. The molecule has 0 saturated heterocycles. The van der Waals surface area contributed by atoms with Gasteiger partial charge in [-0.1, -0.05) is 12.1 Å². The van der Waals surface area contributed by atoms with E-state index in [1.165, 1.54) is 0 Å². The van der Waals surface area contributed by atoms with Crippen LogP contribution in [0.4, 0.5) is 0 Å². The van der Waals surface area contributed by atoms with E-state index in [-0.39, 0.29) is 6.04 Å². The first-order chi connectivity index (χ1) is 6.92. The van der Waals surface area contributed by atoms with Crippen molar-refractivity contribution in [1.29, 1.82) is 0 Å². The molecule has 0 aliphatic carbocycles. The van der Waals surface area contributed by atoms with Crippen LogP contribution in [-0.4, -0.2) is 21.8 Å². The van der Waals surface area contributed by atoms with Gasteiger partial charge < -0.3 is 4.74 Å². The van der Waals surface area contributed by atoms with Gasteiger partial charge in [0.2, 0.25) is 10.0 Å². The number of hydrogen-bond donors (Lipinski definition) is 1. The summed E-state index contributed by atoms with van der Waals surface area (Å²) >= 11 is 0. The highest BCUT2D eigenvalue weighted by molar-refractivity contribution is 7.88. The van der Waals surface area contributed by atoms with E-state index in [4.69, 9.17) is 4.74 Å². The first-order valence-electron chi connectivity index (χ1n) is 4.53. The van der Waals surface area contributed by atoms with Crippen molar-refractivity contribution in [2.45, 2.75) is 13.0 Å². The summed E-state index contributed by atoms with van der Waals surface area (Å²) in [5.41, 5.74) is 0.904. The highest BCUT2D eigenvalue weighted by Gasteiger charge is 2.10. The molecule has 0 heterocycles. The Morgan fingerprint density at radius 3 is 2.20 bits per heavy atom. The first-order valence-corrected chi connectivity index (χ1v) is 6.43. The normalized spacial score (nSPS) is 13.5. The fraction of sp³-hybridized carbons (Fsp3) is 0.400. The van der Waals surface area contributed by atoms with E-state index >= 15 is 0 Å². The zero-order chi connectivity index (χ0) is 11.5.